The number of aryl methyl sites for hydroxylation is 2. The Morgan fingerprint density at radius 2 is 1.90 bits per heavy atom. The van der Waals surface area contributed by atoms with Gasteiger partial charge in [0, 0.05) is 18.5 Å². The van der Waals surface area contributed by atoms with Gasteiger partial charge in [-0.1, -0.05) is 18.2 Å². The molecule has 6 heteroatoms. The topological polar surface area (TPSA) is 56.1 Å². The molecule has 0 bridgehead atoms. The van der Waals surface area contributed by atoms with Gasteiger partial charge >= 0.3 is 0 Å². The highest BCUT2D eigenvalue weighted by atomic mass is 19.1. The maximum absolute atomic E-state index is 13.4. The standard InChI is InChI=1S/C24H26FN3O2/c1-16-5-3-4-6-22(16)30-24-21(13-14-23(29)26-15-18-7-8-18)17(2)27-28(24)20-11-9-19(25)10-12-20/h3-6,9-12,18H,7-8,13-15H2,1-2H3,(H,26,29). The molecule has 0 saturated heterocycles. The van der Waals surface area contributed by atoms with E-state index in [1.54, 1.807) is 16.8 Å². The second-order valence-electron chi connectivity index (χ2n) is 7.87. The number of benzene rings is 2. The van der Waals surface area contributed by atoms with Crippen molar-refractivity contribution in [2.45, 2.75) is 39.5 Å². The van der Waals surface area contributed by atoms with Gasteiger partial charge in [-0.05, 0) is 74.9 Å². The third-order valence-electron chi connectivity index (χ3n) is 5.40. The Hall–Kier alpha value is -3.15. The lowest BCUT2D eigenvalue weighted by atomic mass is 10.1. The number of nitrogens with zero attached hydrogens (tertiary/aromatic N) is 2. The van der Waals surface area contributed by atoms with E-state index in [9.17, 15) is 9.18 Å². The van der Waals surface area contributed by atoms with Crippen molar-refractivity contribution < 1.29 is 13.9 Å². The van der Waals surface area contributed by atoms with Crippen LogP contribution in [-0.2, 0) is 11.2 Å². The Balaban J connectivity index is 1.62. The van der Waals surface area contributed by atoms with Crippen LogP contribution >= 0.6 is 0 Å². The third-order valence-corrected chi connectivity index (χ3v) is 5.40. The molecule has 3 aromatic rings. The second kappa shape index (κ2) is 8.69. The van der Waals surface area contributed by atoms with E-state index in [2.05, 4.69) is 10.4 Å². The maximum atomic E-state index is 13.4. The first-order valence-corrected chi connectivity index (χ1v) is 10.4. The highest BCUT2D eigenvalue weighted by molar-refractivity contribution is 5.76. The number of aromatic nitrogens is 2. The molecule has 0 aliphatic heterocycles. The molecule has 2 aromatic carbocycles. The third kappa shape index (κ3) is 4.70. The molecule has 1 aliphatic rings. The van der Waals surface area contributed by atoms with Gasteiger partial charge in [-0.3, -0.25) is 4.79 Å². The monoisotopic (exact) mass is 407 g/mol. The van der Waals surface area contributed by atoms with Gasteiger partial charge < -0.3 is 10.1 Å². The Morgan fingerprint density at radius 1 is 1.17 bits per heavy atom. The number of hydrogen-bond donors (Lipinski definition) is 1. The van der Waals surface area contributed by atoms with Gasteiger partial charge in [0.15, 0.2) is 0 Å². The lowest BCUT2D eigenvalue weighted by Crippen LogP contribution is -2.25. The molecule has 30 heavy (non-hydrogen) atoms. The Labute approximate surface area is 175 Å². The summed E-state index contributed by atoms with van der Waals surface area (Å²) in [5.74, 6) is 1.66. The van der Waals surface area contributed by atoms with Gasteiger partial charge in [-0.25, -0.2) is 9.07 Å². The molecule has 1 fully saturated rings. The zero-order chi connectivity index (χ0) is 21.1. The molecule has 1 aromatic heterocycles. The second-order valence-corrected chi connectivity index (χ2v) is 7.87. The number of hydrogen-bond acceptors (Lipinski definition) is 3. The predicted octanol–water partition coefficient (Wildman–Crippen LogP) is 4.88. The highest BCUT2D eigenvalue weighted by Crippen LogP contribution is 2.33. The average molecular weight is 407 g/mol. The van der Waals surface area contributed by atoms with Gasteiger partial charge in [0.1, 0.15) is 11.6 Å². The smallest absolute Gasteiger partial charge is 0.226 e. The van der Waals surface area contributed by atoms with Crippen molar-refractivity contribution in [1.29, 1.82) is 0 Å². The van der Waals surface area contributed by atoms with Crippen molar-refractivity contribution in [3.8, 4) is 17.3 Å². The minimum atomic E-state index is -0.309. The summed E-state index contributed by atoms with van der Waals surface area (Å²) in [5, 5.41) is 7.64. The SMILES string of the molecule is Cc1ccccc1Oc1c(CCC(=O)NCC2CC2)c(C)nn1-c1ccc(F)cc1. The van der Waals surface area contributed by atoms with Gasteiger partial charge in [0.25, 0.3) is 0 Å². The number of nitrogens with one attached hydrogen (secondary N) is 1. The summed E-state index contributed by atoms with van der Waals surface area (Å²) in [6, 6.07) is 13.9. The fourth-order valence-electron chi connectivity index (χ4n) is 3.37. The maximum Gasteiger partial charge on any atom is 0.226 e. The van der Waals surface area contributed by atoms with Crippen molar-refractivity contribution in [2.24, 2.45) is 5.92 Å². The molecule has 5 nitrogen and oxygen atoms in total. The Bertz CT molecular complexity index is 1040. The van der Waals surface area contributed by atoms with E-state index in [1.807, 2.05) is 38.1 Å². The van der Waals surface area contributed by atoms with Crippen LogP contribution in [0.15, 0.2) is 48.5 Å². The lowest BCUT2D eigenvalue weighted by molar-refractivity contribution is -0.121. The largest absolute Gasteiger partial charge is 0.438 e. The van der Waals surface area contributed by atoms with Crippen LogP contribution in [0.2, 0.25) is 0 Å². The van der Waals surface area contributed by atoms with Crippen molar-refractivity contribution in [2.75, 3.05) is 6.54 Å². The molecule has 0 atom stereocenters. The first kappa shape index (κ1) is 20.1. The molecule has 4 rings (SSSR count). The van der Waals surface area contributed by atoms with E-state index in [1.165, 1.54) is 25.0 Å². The van der Waals surface area contributed by atoms with E-state index >= 15 is 0 Å². The van der Waals surface area contributed by atoms with Gasteiger partial charge in [-0.2, -0.15) is 5.10 Å². The summed E-state index contributed by atoms with van der Waals surface area (Å²) in [5.41, 5.74) is 3.37. The van der Waals surface area contributed by atoms with E-state index in [4.69, 9.17) is 4.74 Å². The summed E-state index contributed by atoms with van der Waals surface area (Å²) in [6.45, 7) is 4.65. The Kier molecular flexibility index (Phi) is 5.84. The predicted molar refractivity (Wildman–Crippen MR) is 114 cm³/mol. The number of halogens is 1. The first-order chi connectivity index (χ1) is 14.5. The number of para-hydroxylation sites is 1. The van der Waals surface area contributed by atoms with Crippen LogP contribution in [0.25, 0.3) is 5.69 Å². The number of carbonyl (C=O) groups is 1. The lowest BCUT2D eigenvalue weighted by Gasteiger charge is -2.13. The molecular formula is C24H26FN3O2. The molecule has 0 radical (unpaired) electrons. The van der Waals surface area contributed by atoms with E-state index < -0.39 is 0 Å². The fraction of sp³-hybridized carbons (Fsp3) is 0.333. The summed E-state index contributed by atoms with van der Waals surface area (Å²) >= 11 is 0. The van der Waals surface area contributed by atoms with Crippen LogP contribution in [0, 0.1) is 25.6 Å². The molecule has 1 aliphatic carbocycles. The van der Waals surface area contributed by atoms with Crippen LogP contribution in [0.1, 0.15) is 36.1 Å². The normalized spacial score (nSPS) is 13.3. The first-order valence-electron chi connectivity index (χ1n) is 10.4. The Morgan fingerprint density at radius 3 is 2.60 bits per heavy atom. The molecule has 1 amide bonds. The number of amides is 1. The van der Waals surface area contributed by atoms with E-state index in [0.29, 0.717) is 30.3 Å². The molecular weight excluding hydrogens is 381 g/mol. The highest BCUT2D eigenvalue weighted by Gasteiger charge is 2.23. The fourth-order valence-corrected chi connectivity index (χ4v) is 3.37. The molecule has 0 spiro atoms. The minimum absolute atomic E-state index is 0.0395. The van der Waals surface area contributed by atoms with Crippen LogP contribution in [0.4, 0.5) is 4.39 Å². The molecule has 1 N–H and O–H groups in total. The van der Waals surface area contributed by atoms with Crippen molar-refractivity contribution in [1.82, 2.24) is 15.1 Å². The summed E-state index contributed by atoms with van der Waals surface area (Å²) in [4.78, 5) is 12.3. The molecule has 1 heterocycles. The van der Waals surface area contributed by atoms with Crippen LogP contribution < -0.4 is 10.1 Å². The van der Waals surface area contributed by atoms with Crippen LogP contribution in [0.5, 0.6) is 11.6 Å². The zero-order valence-electron chi connectivity index (χ0n) is 17.3. The number of rotatable bonds is 8. The van der Waals surface area contributed by atoms with Gasteiger partial charge in [0.05, 0.1) is 11.4 Å². The van der Waals surface area contributed by atoms with Crippen molar-refractivity contribution >= 4 is 5.91 Å². The van der Waals surface area contributed by atoms with Crippen LogP contribution in [0.3, 0.4) is 0 Å². The van der Waals surface area contributed by atoms with Crippen molar-refractivity contribution in [3.63, 3.8) is 0 Å². The molecule has 1 saturated carbocycles. The van der Waals surface area contributed by atoms with Crippen LogP contribution in [-0.4, -0.2) is 22.2 Å². The van der Waals surface area contributed by atoms with E-state index in [0.717, 1.165) is 29.1 Å². The van der Waals surface area contributed by atoms with Crippen molar-refractivity contribution in [3.05, 3.63) is 71.2 Å². The van der Waals surface area contributed by atoms with Gasteiger partial charge in [0.2, 0.25) is 11.8 Å². The molecule has 0 unspecified atom stereocenters. The molecule has 156 valence electrons. The quantitative estimate of drug-likeness (QED) is 0.579. The van der Waals surface area contributed by atoms with E-state index in [-0.39, 0.29) is 11.7 Å². The summed E-state index contributed by atoms with van der Waals surface area (Å²) in [6.07, 6.45) is 3.30. The summed E-state index contributed by atoms with van der Waals surface area (Å²) in [7, 11) is 0. The minimum Gasteiger partial charge on any atom is -0.438 e. The van der Waals surface area contributed by atoms with Gasteiger partial charge in [-0.15, -0.1) is 0 Å². The summed E-state index contributed by atoms with van der Waals surface area (Å²) < 4.78 is 21.4. The zero-order valence-corrected chi connectivity index (χ0v) is 17.3. The number of carbonyl (C=O) groups excluding carboxylic acids is 1. The average Bonchev–Trinajstić information content (AvgIpc) is 3.51. The number of ether oxygens (including phenoxy) is 1.